The topological polar surface area (TPSA) is 60.0 Å². The van der Waals surface area contributed by atoms with Gasteiger partial charge in [0.15, 0.2) is 11.5 Å². The van der Waals surface area contributed by atoms with Gasteiger partial charge in [0.25, 0.3) is 5.91 Å². The number of nitrogens with one attached hydrogen (secondary N) is 1. The van der Waals surface area contributed by atoms with E-state index in [0.29, 0.717) is 29.5 Å². The molecule has 1 fully saturated rings. The van der Waals surface area contributed by atoms with Crippen LogP contribution in [0.4, 0.5) is 0 Å². The van der Waals surface area contributed by atoms with Gasteiger partial charge in [-0.3, -0.25) is 9.69 Å². The number of rotatable bonds is 8. The van der Waals surface area contributed by atoms with Crippen molar-refractivity contribution in [2.45, 2.75) is 38.3 Å². The second kappa shape index (κ2) is 10.8. The van der Waals surface area contributed by atoms with E-state index in [1.165, 1.54) is 24.0 Å². The Labute approximate surface area is 206 Å². The second-order valence-electron chi connectivity index (χ2n) is 9.31. The number of hydrogen-bond donors (Lipinski definition) is 1. The fourth-order valence-corrected chi connectivity index (χ4v) is 4.73. The average Bonchev–Trinajstić information content (AvgIpc) is 3.37. The van der Waals surface area contributed by atoms with E-state index in [-0.39, 0.29) is 18.8 Å². The van der Waals surface area contributed by atoms with Crippen molar-refractivity contribution in [3.05, 3.63) is 89.5 Å². The molecule has 0 saturated carbocycles. The fourth-order valence-electron chi connectivity index (χ4n) is 4.73. The number of ether oxygens (including phenoxy) is 3. The number of likely N-dealkylation sites (tertiary alicyclic amines) is 1. The van der Waals surface area contributed by atoms with Crippen molar-refractivity contribution in [3.8, 4) is 17.2 Å². The van der Waals surface area contributed by atoms with Crippen LogP contribution in [0.5, 0.6) is 17.2 Å². The zero-order valence-corrected chi connectivity index (χ0v) is 20.1. The summed E-state index contributed by atoms with van der Waals surface area (Å²) >= 11 is 0. The maximum atomic E-state index is 12.5. The molecule has 0 aliphatic carbocycles. The number of nitrogens with zero attached hydrogens (tertiary/aromatic N) is 1. The Balaban J connectivity index is 1.05. The normalized spacial score (nSPS) is 16.6. The summed E-state index contributed by atoms with van der Waals surface area (Å²) in [5, 5.41) is 2.92. The lowest BCUT2D eigenvalue weighted by atomic mass is 9.89. The van der Waals surface area contributed by atoms with Gasteiger partial charge in [0.1, 0.15) is 11.9 Å². The molecular weight excluding hydrogens is 440 g/mol. The second-order valence-corrected chi connectivity index (χ2v) is 9.31. The van der Waals surface area contributed by atoms with E-state index in [4.69, 9.17) is 14.2 Å². The Bertz CT molecular complexity index is 1130. The molecule has 182 valence electrons. The van der Waals surface area contributed by atoms with Gasteiger partial charge in [-0.2, -0.15) is 0 Å². The summed E-state index contributed by atoms with van der Waals surface area (Å²) in [6, 6.07) is 24.4. The van der Waals surface area contributed by atoms with Gasteiger partial charge < -0.3 is 19.5 Å². The minimum absolute atomic E-state index is 0.157. The van der Waals surface area contributed by atoms with Crippen LogP contribution < -0.4 is 19.5 Å². The fraction of sp³-hybridized carbons (Fsp3) is 0.345. The lowest BCUT2D eigenvalue weighted by Crippen LogP contribution is -2.33. The van der Waals surface area contributed by atoms with Gasteiger partial charge >= 0.3 is 0 Å². The molecule has 3 aromatic rings. The van der Waals surface area contributed by atoms with E-state index in [0.717, 1.165) is 25.4 Å². The SMILES string of the molecule is CC(CNC(=O)c1ccc2c(c1)OCO2)Oc1ccc(CN2CCC(c3ccccc3)CC2)cc1. The first-order valence-electron chi connectivity index (χ1n) is 12.3. The summed E-state index contributed by atoms with van der Waals surface area (Å²) < 4.78 is 16.6. The predicted octanol–water partition coefficient (Wildman–Crippen LogP) is 4.99. The van der Waals surface area contributed by atoms with Crippen LogP contribution in [0, 0.1) is 0 Å². The molecular formula is C29H32N2O4. The third-order valence-corrected chi connectivity index (χ3v) is 6.71. The average molecular weight is 473 g/mol. The smallest absolute Gasteiger partial charge is 0.251 e. The van der Waals surface area contributed by atoms with Crippen LogP contribution in [-0.2, 0) is 6.54 Å². The highest BCUT2D eigenvalue weighted by Gasteiger charge is 2.20. The number of piperidine rings is 1. The van der Waals surface area contributed by atoms with Gasteiger partial charge in [-0.25, -0.2) is 0 Å². The van der Waals surface area contributed by atoms with Gasteiger partial charge in [0.2, 0.25) is 6.79 Å². The molecule has 5 rings (SSSR count). The monoisotopic (exact) mass is 472 g/mol. The van der Waals surface area contributed by atoms with Crippen LogP contribution in [0.2, 0.25) is 0 Å². The number of hydrogen-bond acceptors (Lipinski definition) is 5. The number of amides is 1. The Kier molecular flexibility index (Phi) is 7.19. The molecule has 1 saturated heterocycles. The molecule has 0 aromatic heterocycles. The van der Waals surface area contributed by atoms with Crippen molar-refractivity contribution in [2.75, 3.05) is 26.4 Å². The van der Waals surface area contributed by atoms with Gasteiger partial charge in [-0.1, -0.05) is 42.5 Å². The largest absolute Gasteiger partial charge is 0.489 e. The van der Waals surface area contributed by atoms with Gasteiger partial charge in [-0.05, 0) is 80.2 Å². The van der Waals surface area contributed by atoms with Crippen molar-refractivity contribution in [1.29, 1.82) is 0 Å². The first kappa shape index (κ1) is 23.2. The quantitative estimate of drug-likeness (QED) is 0.500. The Morgan fingerprint density at radius 1 is 1.00 bits per heavy atom. The molecule has 6 heteroatoms. The number of carbonyl (C=O) groups is 1. The molecule has 2 heterocycles. The van der Waals surface area contributed by atoms with E-state index in [1.54, 1.807) is 18.2 Å². The van der Waals surface area contributed by atoms with E-state index >= 15 is 0 Å². The molecule has 1 amide bonds. The van der Waals surface area contributed by atoms with Crippen LogP contribution in [0.25, 0.3) is 0 Å². The lowest BCUT2D eigenvalue weighted by Gasteiger charge is -2.32. The van der Waals surface area contributed by atoms with E-state index in [2.05, 4.69) is 52.7 Å². The van der Waals surface area contributed by atoms with Crippen molar-refractivity contribution in [1.82, 2.24) is 10.2 Å². The molecule has 2 aliphatic heterocycles. The highest BCUT2D eigenvalue weighted by molar-refractivity contribution is 5.94. The lowest BCUT2D eigenvalue weighted by molar-refractivity contribution is 0.0931. The molecule has 2 aliphatic rings. The summed E-state index contributed by atoms with van der Waals surface area (Å²) in [5.41, 5.74) is 3.30. The first-order valence-corrected chi connectivity index (χ1v) is 12.3. The van der Waals surface area contributed by atoms with Crippen LogP contribution in [0.3, 0.4) is 0 Å². The highest BCUT2D eigenvalue weighted by atomic mass is 16.7. The zero-order chi connectivity index (χ0) is 24.0. The van der Waals surface area contributed by atoms with Crippen molar-refractivity contribution in [3.63, 3.8) is 0 Å². The van der Waals surface area contributed by atoms with Gasteiger partial charge in [-0.15, -0.1) is 0 Å². The van der Waals surface area contributed by atoms with Crippen LogP contribution in [-0.4, -0.2) is 43.3 Å². The highest BCUT2D eigenvalue weighted by Crippen LogP contribution is 2.32. The van der Waals surface area contributed by atoms with Crippen LogP contribution in [0.1, 0.15) is 47.2 Å². The maximum absolute atomic E-state index is 12.5. The third kappa shape index (κ3) is 5.95. The molecule has 0 spiro atoms. The molecule has 35 heavy (non-hydrogen) atoms. The van der Waals surface area contributed by atoms with Gasteiger partial charge in [0.05, 0.1) is 6.54 Å². The molecule has 1 N–H and O–H groups in total. The van der Waals surface area contributed by atoms with Crippen molar-refractivity contribution < 1.29 is 19.0 Å². The minimum Gasteiger partial charge on any atom is -0.489 e. The van der Waals surface area contributed by atoms with Crippen molar-refractivity contribution >= 4 is 5.91 Å². The van der Waals surface area contributed by atoms with E-state index < -0.39 is 0 Å². The molecule has 1 atom stereocenters. The van der Waals surface area contributed by atoms with Crippen LogP contribution >= 0.6 is 0 Å². The summed E-state index contributed by atoms with van der Waals surface area (Å²) in [7, 11) is 0. The van der Waals surface area contributed by atoms with Crippen LogP contribution in [0.15, 0.2) is 72.8 Å². The molecule has 3 aromatic carbocycles. The first-order chi connectivity index (χ1) is 17.1. The predicted molar refractivity (Wildman–Crippen MR) is 135 cm³/mol. The minimum atomic E-state index is -0.162. The number of benzene rings is 3. The standard InChI is InChI=1S/C29H32N2O4/c1-21(18-30-29(32)25-9-12-27-28(17-25)34-20-33-27)35-26-10-7-22(8-11-26)19-31-15-13-24(14-16-31)23-5-3-2-4-6-23/h2-12,17,21,24H,13-16,18-20H2,1H3,(H,30,32). The van der Waals surface area contributed by atoms with Gasteiger partial charge in [0, 0.05) is 12.1 Å². The Morgan fingerprint density at radius 3 is 2.51 bits per heavy atom. The molecule has 0 radical (unpaired) electrons. The maximum Gasteiger partial charge on any atom is 0.251 e. The summed E-state index contributed by atoms with van der Waals surface area (Å²) in [6.07, 6.45) is 2.26. The Morgan fingerprint density at radius 2 is 1.74 bits per heavy atom. The zero-order valence-electron chi connectivity index (χ0n) is 20.1. The summed E-state index contributed by atoms with van der Waals surface area (Å²) in [5.74, 6) is 2.59. The number of fused-ring (bicyclic) bond motifs is 1. The third-order valence-electron chi connectivity index (χ3n) is 6.71. The number of carbonyl (C=O) groups excluding carboxylic acids is 1. The summed E-state index contributed by atoms with van der Waals surface area (Å²) in [4.78, 5) is 15.0. The van der Waals surface area contributed by atoms with E-state index in [1.807, 2.05) is 19.1 Å². The Hall–Kier alpha value is -3.51. The molecule has 6 nitrogen and oxygen atoms in total. The molecule has 1 unspecified atom stereocenters. The van der Waals surface area contributed by atoms with E-state index in [9.17, 15) is 4.79 Å². The summed E-state index contributed by atoms with van der Waals surface area (Å²) in [6.45, 7) is 5.76. The molecule has 0 bridgehead atoms. The van der Waals surface area contributed by atoms with Crippen molar-refractivity contribution in [2.24, 2.45) is 0 Å².